The molecule has 0 amide bonds. The fourth-order valence-electron chi connectivity index (χ4n) is 2.79. The zero-order valence-corrected chi connectivity index (χ0v) is 14.2. The predicted molar refractivity (Wildman–Crippen MR) is 100 cm³/mol. The molecule has 2 aromatic carbocycles. The van der Waals surface area contributed by atoms with E-state index in [9.17, 15) is 0 Å². The number of fused-ring (bicyclic) bond motifs is 1. The van der Waals surface area contributed by atoms with Crippen LogP contribution in [0.4, 0.5) is 17.3 Å². The van der Waals surface area contributed by atoms with Gasteiger partial charge in [-0.05, 0) is 30.3 Å². The van der Waals surface area contributed by atoms with Crippen molar-refractivity contribution in [2.45, 2.75) is 0 Å². The lowest BCUT2D eigenvalue weighted by atomic mass is 10.2. The highest BCUT2D eigenvalue weighted by atomic mass is 35.5. The van der Waals surface area contributed by atoms with E-state index in [4.69, 9.17) is 21.3 Å². The fourth-order valence-corrected chi connectivity index (χ4v) is 3.01. The number of ether oxygens (including phenoxy) is 1. The van der Waals surface area contributed by atoms with Gasteiger partial charge < -0.3 is 4.74 Å². The molecule has 5 nitrogen and oxygen atoms in total. The lowest BCUT2D eigenvalue weighted by Gasteiger charge is -2.24. The molecule has 0 fully saturated rings. The van der Waals surface area contributed by atoms with E-state index in [0.717, 1.165) is 28.2 Å². The van der Waals surface area contributed by atoms with Crippen molar-refractivity contribution in [3.8, 4) is 5.75 Å². The first-order chi connectivity index (χ1) is 12.3. The second kappa shape index (κ2) is 6.45. The van der Waals surface area contributed by atoms with Crippen LogP contribution in [-0.2, 0) is 0 Å². The summed E-state index contributed by atoms with van der Waals surface area (Å²) in [4.78, 5) is 6.73. The van der Waals surface area contributed by atoms with Crippen LogP contribution in [0.2, 0.25) is 5.02 Å². The van der Waals surface area contributed by atoms with Gasteiger partial charge in [0.2, 0.25) is 0 Å². The maximum Gasteiger partial charge on any atom is 0.142 e. The minimum atomic E-state index is 0.615. The van der Waals surface area contributed by atoms with Gasteiger partial charge in [-0.3, -0.25) is 10.00 Å². The number of halogens is 1. The summed E-state index contributed by atoms with van der Waals surface area (Å²) in [5.41, 5.74) is 1.61. The number of nitrogens with one attached hydrogen (secondary N) is 1. The molecule has 0 spiro atoms. The molecular formula is C19H15ClN4O. The van der Waals surface area contributed by atoms with Crippen LogP contribution in [-0.4, -0.2) is 22.3 Å². The SMILES string of the molecule is COc1ccccc1N(c1ccc2cccc(Cl)c2n1)c1ccn[nH]1. The quantitative estimate of drug-likeness (QED) is 0.557. The molecule has 6 heteroatoms. The molecule has 2 heterocycles. The summed E-state index contributed by atoms with van der Waals surface area (Å²) in [5.74, 6) is 2.23. The molecule has 0 aliphatic carbocycles. The van der Waals surface area contributed by atoms with Crippen molar-refractivity contribution in [3.05, 3.63) is 71.9 Å². The highest BCUT2D eigenvalue weighted by molar-refractivity contribution is 6.35. The Morgan fingerprint density at radius 2 is 1.88 bits per heavy atom. The zero-order valence-electron chi connectivity index (χ0n) is 13.5. The number of methoxy groups -OCH3 is 1. The van der Waals surface area contributed by atoms with E-state index in [-0.39, 0.29) is 0 Å². The normalized spacial score (nSPS) is 10.8. The summed E-state index contributed by atoms with van der Waals surface area (Å²) in [7, 11) is 1.65. The zero-order chi connectivity index (χ0) is 17.2. The molecule has 0 atom stereocenters. The van der Waals surface area contributed by atoms with Gasteiger partial charge in [0.15, 0.2) is 0 Å². The summed E-state index contributed by atoms with van der Waals surface area (Å²) >= 11 is 6.34. The van der Waals surface area contributed by atoms with E-state index in [1.807, 2.05) is 65.6 Å². The summed E-state index contributed by atoms with van der Waals surface area (Å²) in [6.07, 6.45) is 1.70. The van der Waals surface area contributed by atoms with Gasteiger partial charge in [-0.2, -0.15) is 5.10 Å². The predicted octanol–water partition coefficient (Wildman–Crippen LogP) is 5.09. The Morgan fingerprint density at radius 3 is 2.68 bits per heavy atom. The van der Waals surface area contributed by atoms with Crippen LogP contribution in [0.5, 0.6) is 5.75 Å². The maximum atomic E-state index is 6.34. The summed E-state index contributed by atoms with van der Waals surface area (Å²) in [6.45, 7) is 0. The number of aromatic amines is 1. The van der Waals surface area contributed by atoms with Crippen molar-refractivity contribution in [2.75, 3.05) is 12.0 Å². The molecule has 124 valence electrons. The smallest absolute Gasteiger partial charge is 0.142 e. The molecule has 2 aromatic heterocycles. The van der Waals surface area contributed by atoms with Gasteiger partial charge in [-0.25, -0.2) is 4.98 Å². The summed E-state index contributed by atoms with van der Waals surface area (Å²) < 4.78 is 5.53. The van der Waals surface area contributed by atoms with E-state index < -0.39 is 0 Å². The van der Waals surface area contributed by atoms with E-state index >= 15 is 0 Å². The van der Waals surface area contributed by atoms with Gasteiger partial charge >= 0.3 is 0 Å². The standard InChI is InChI=1S/C19H15ClN4O/c1-25-16-8-3-2-7-15(16)24(18-11-12-21-23-18)17-10-9-13-5-4-6-14(20)19(13)22-17/h2-12H,1H3,(H,21,23). The molecule has 0 unspecified atom stereocenters. The number of pyridine rings is 1. The lowest BCUT2D eigenvalue weighted by molar-refractivity contribution is 0.416. The van der Waals surface area contributed by atoms with E-state index in [0.29, 0.717) is 10.8 Å². The third-order valence-electron chi connectivity index (χ3n) is 3.94. The molecule has 0 aliphatic heterocycles. The van der Waals surface area contributed by atoms with Gasteiger partial charge in [0.05, 0.1) is 29.5 Å². The Morgan fingerprint density at radius 1 is 1.00 bits per heavy atom. The number of rotatable bonds is 4. The minimum Gasteiger partial charge on any atom is -0.495 e. The Balaban J connectivity index is 1.94. The van der Waals surface area contributed by atoms with Crippen molar-refractivity contribution in [3.63, 3.8) is 0 Å². The second-order valence-corrected chi connectivity index (χ2v) is 5.84. The molecule has 0 radical (unpaired) electrons. The average Bonchev–Trinajstić information content (AvgIpc) is 3.17. The topological polar surface area (TPSA) is 54.0 Å². The van der Waals surface area contributed by atoms with Crippen LogP contribution in [0.15, 0.2) is 66.9 Å². The number of anilines is 3. The highest BCUT2D eigenvalue weighted by Crippen LogP contribution is 2.38. The van der Waals surface area contributed by atoms with Crippen molar-refractivity contribution in [1.82, 2.24) is 15.2 Å². The fraction of sp³-hybridized carbons (Fsp3) is 0.0526. The molecule has 0 bridgehead atoms. The van der Waals surface area contributed by atoms with E-state index in [1.165, 1.54) is 0 Å². The summed E-state index contributed by atoms with van der Waals surface area (Å²) in [5, 5.41) is 8.67. The third kappa shape index (κ3) is 2.79. The van der Waals surface area contributed by atoms with E-state index in [2.05, 4.69) is 10.2 Å². The Hall–Kier alpha value is -3.05. The van der Waals surface area contributed by atoms with Gasteiger partial charge in [0.25, 0.3) is 0 Å². The number of para-hydroxylation sites is 3. The number of benzene rings is 2. The first-order valence-electron chi connectivity index (χ1n) is 7.76. The molecule has 0 saturated carbocycles. The van der Waals surface area contributed by atoms with Gasteiger partial charge in [-0.15, -0.1) is 0 Å². The molecule has 0 aliphatic rings. The maximum absolute atomic E-state index is 6.34. The molecule has 25 heavy (non-hydrogen) atoms. The van der Waals surface area contributed by atoms with Crippen LogP contribution in [0.25, 0.3) is 10.9 Å². The first kappa shape index (κ1) is 15.5. The number of hydrogen-bond acceptors (Lipinski definition) is 4. The molecule has 4 aromatic rings. The Bertz CT molecular complexity index is 1020. The van der Waals surface area contributed by atoms with Crippen molar-refractivity contribution in [2.24, 2.45) is 0 Å². The van der Waals surface area contributed by atoms with E-state index in [1.54, 1.807) is 13.3 Å². The Kier molecular flexibility index (Phi) is 3.99. The van der Waals surface area contributed by atoms with Gasteiger partial charge in [0, 0.05) is 11.5 Å². The van der Waals surface area contributed by atoms with Crippen LogP contribution in [0.1, 0.15) is 0 Å². The van der Waals surface area contributed by atoms with Crippen molar-refractivity contribution < 1.29 is 4.74 Å². The number of hydrogen-bond donors (Lipinski definition) is 1. The number of nitrogens with zero attached hydrogens (tertiary/aromatic N) is 3. The number of aromatic nitrogens is 3. The molecule has 4 rings (SSSR count). The number of H-pyrrole nitrogens is 1. The van der Waals surface area contributed by atoms with Crippen LogP contribution in [0, 0.1) is 0 Å². The van der Waals surface area contributed by atoms with Crippen molar-refractivity contribution >= 4 is 39.8 Å². The lowest BCUT2D eigenvalue weighted by Crippen LogP contribution is -2.13. The van der Waals surface area contributed by atoms with Gasteiger partial charge in [-0.1, -0.05) is 35.9 Å². The van der Waals surface area contributed by atoms with Gasteiger partial charge in [0.1, 0.15) is 17.4 Å². The third-order valence-corrected chi connectivity index (χ3v) is 4.24. The average molecular weight is 351 g/mol. The monoisotopic (exact) mass is 350 g/mol. The second-order valence-electron chi connectivity index (χ2n) is 5.43. The summed E-state index contributed by atoms with van der Waals surface area (Å²) in [6, 6.07) is 19.3. The van der Waals surface area contributed by atoms with Crippen LogP contribution < -0.4 is 9.64 Å². The van der Waals surface area contributed by atoms with Crippen LogP contribution >= 0.6 is 11.6 Å². The Labute approximate surface area is 149 Å². The van der Waals surface area contributed by atoms with Crippen molar-refractivity contribution in [1.29, 1.82) is 0 Å². The highest BCUT2D eigenvalue weighted by Gasteiger charge is 2.19. The molecular weight excluding hydrogens is 336 g/mol. The molecule has 0 saturated heterocycles. The van der Waals surface area contributed by atoms with Crippen LogP contribution in [0.3, 0.4) is 0 Å². The first-order valence-corrected chi connectivity index (χ1v) is 8.13. The largest absolute Gasteiger partial charge is 0.495 e. The molecule has 1 N–H and O–H groups in total. The minimum absolute atomic E-state index is 0.615.